The number of aromatic hydroxyl groups is 2. The van der Waals surface area contributed by atoms with Gasteiger partial charge in [0.1, 0.15) is 11.5 Å². The molecule has 1 unspecified atom stereocenters. The van der Waals surface area contributed by atoms with Crippen molar-refractivity contribution in [3.05, 3.63) is 23.8 Å². The van der Waals surface area contributed by atoms with Gasteiger partial charge in [0.15, 0.2) is 0 Å². The third-order valence-electron chi connectivity index (χ3n) is 2.57. The van der Waals surface area contributed by atoms with Gasteiger partial charge < -0.3 is 15.9 Å². The predicted molar refractivity (Wildman–Crippen MR) is 63.4 cm³/mol. The normalized spacial score (nSPS) is 14.1. The van der Waals surface area contributed by atoms with E-state index in [1.807, 2.05) is 6.92 Å². The predicted octanol–water partition coefficient (Wildman–Crippen LogP) is 2.57. The summed E-state index contributed by atoms with van der Waals surface area (Å²) in [6.07, 6.45) is 0.970. The Balaban J connectivity index is 0.00000196. The SMILES string of the molecule is CCC(C)[C@@H](N)c1cc(O)cc(O)c1.Cl. The maximum Gasteiger partial charge on any atom is 0.119 e. The van der Waals surface area contributed by atoms with Crippen molar-refractivity contribution in [1.82, 2.24) is 0 Å². The van der Waals surface area contributed by atoms with Crippen LogP contribution in [-0.4, -0.2) is 10.2 Å². The minimum Gasteiger partial charge on any atom is -0.508 e. The summed E-state index contributed by atoms with van der Waals surface area (Å²) in [6, 6.07) is 4.35. The van der Waals surface area contributed by atoms with Gasteiger partial charge in [-0.1, -0.05) is 20.3 Å². The van der Waals surface area contributed by atoms with E-state index < -0.39 is 0 Å². The van der Waals surface area contributed by atoms with Crippen molar-refractivity contribution in [2.45, 2.75) is 26.3 Å². The highest BCUT2D eigenvalue weighted by Crippen LogP contribution is 2.28. The second kappa shape index (κ2) is 5.83. The molecular weight excluding hydrogens is 214 g/mol. The molecule has 1 rings (SSSR count). The molecule has 0 heterocycles. The zero-order valence-corrected chi connectivity index (χ0v) is 9.79. The zero-order chi connectivity index (χ0) is 10.7. The summed E-state index contributed by atoms with van der Waals surface area (Å²) < 4.78 is 0. The van der Waals surface area contributed by atoms with Gasteiger partial charge in [-0.15, -0.1) is 12.4 Å². The van der Waals surface area contributed by atoms with E-state index in [1.165, 1.54) is 6.07 Å². The Labute approximate surface area is 96.3 Å². The van der Waals surface area contributed by atoms with Gasteiger partial charge in [0.25, 0.3) is 0 Å². The zero-order valence-electron chi connectivity index (χ0n) is 8.97. The molecule has 0 aliphatic carbocycles. The lowest BCUT2D eigenvalue weighted by atomic mass is 9.93. The van der Waals surface area contributed by atoms with Gasteiger partial charge in [0.2, 0.25) is 0 Å². The molecule has 0 aliphatic heterocycles. The quantitative estimate of drug-likeness (QED) is 0.749. The Morgan fingerprint density at radius 2 is 1.67 bits per heavy atom. The van der Waals surface area contributed by atoms with Gasteiger partial charge in [-0.2, -0.15) is 0 Å². The first-order valence-corrected chi connectivity index (χ1v) is 4.83. The molecule has 0 saturated heterocycles. The van der Waals surface area contributed by atoms with Crippen LogP contribution < -0.4 is 5.73 Å². The molecule has 3 nitrogen and oxygen atoms in total. The summed E-state index contributed by atoms with van der Waals surface area (Å²) in [5.41, 5.74) is 6.74. The van der Waals surface area contributed by atoms with Gasteiger partial charge in [-0.25, -0.2) is 0 Å². The number of phenolic OH excluding ortho intramolecular Hbond substituents is 2. The third kappa shape index (κ3) is 3.61. The fraction of sp³-hybridized carbons (Fsp3) is 0.455. The van der Waals surface area contributed by atoms with Crippen molar-refractivity contribution in [3.8, 4) is 11.5 Å². The van der Waals surface area contributed by atoms with Gasteiger partial charge in [-0.05, 0) is 23.6 Å². The standard InChI is InChI=1S/C11H17NO2.ClH/c1-3-7(2)11(12)8-4-9(13)6-10(14)5-8;/h4-7,11,13-14H,3,12H2,1-2H3;1H/t7?,11-;/m1./s1. The molecule has 0 amide bonds. The first-order chi connectivity index (χ1) is 6.54. The summed E-state index contributed by atoms with van der Waals surface area (Å²) in [5, 5.41) is 18.6. The largest absolute Gasteiger partial charge is 0.508 e. The van der Waals surface area contributed by atoms with Gasteiger partial charge in [0.05, 0.1) is 0 Å². The van der Waals surface area contributed by atoms with E-state index in [1.54, 1.807) is 12.1 Å². The van der Waals surface area contributed by atoms with E-state index >= 15 is 0 Å². The molecule has 0 aromatic heterocycles. The van der Waals surface area contributed by atoms with E-state index in [4.69, 9.17) is 5.73 Å². The van der Waals surface area contributed by atoms with Crippen LogP contribution in [0.3, 0.4) is 0 Å². The fourth-order valence-corrected chi connectivity index (χ4v) is 1.39. The summed E-state index contributed by atoms with van der Waals surface area (Å²) in [7, 11) is 0. The molecule has 0 fully saturated rings. The average molecular weight is 232 g/mol. The molecule has 0 spiro atoms. The van der Waals surface area contributed by atoms with Gasteiger partial charge in [0, 0.05) is 12.1 Å². The Kier molecular flexibility index (Phi) is 5.47. The lowest BCUT2D eigenvalue weighted by molar-refractivity contribution is 0.432. The molecule has 1 aromatic carbocycles. The fourth-order valence-electron chi connectivity index (χ4n) is 1.39. The number of hydrogen-bond acceptors (Lipinski definition) is 3. The van der Waals surface area contributed by atoms with Crippen molar-refractivity contribution < 1.29 is 10.2 Å². The van der Waals surface area contributed by atoms with Crippen LogP contribution in [0.15, 0.2) is 18.2 Å². The van der Waals surface area contributed by atoms with Crippen molar-refractivity contribution in [1.29, 1.82) is 0 Å². The Morgan fingerprint density at radius 3 is 2.07 bits per heavy atom. The maximum absolute atomic E-state index is 9.28. The van der Waals surface area contributed by atoms with Crippen LogP contribution in [0.4, 0.5) is 0 Å². The average Bonchev–Trinajstić information content (AvgIpc) is 2.14. The smallest absolute Gasteiger partial charge is 0.119 e. The monoisotopic (exact) mass is 231 g/mol. The molecule has 0 aliphatic rings. The Bertz CT molecular complexity index is 297. The molecule has 2 atom stereocenters. The van der Waals surface area contributed by atoms with E-state index in [2.05, 4.69) is 6.92 Å². The Hall–Kier alpha value is -0.930. The number of benzene rings is 1. The second-order valence-electron chi connectivity index (χ2n) is 3.69. The highest BCUT2D eigenvalue weighted by atomic mass is 35.5. The minimum atomic E-state index is -0.141. The van der Waals surface area contributed by atoms with E-state index in [-0.39, 0.29) is 29.9 Å². The van der Waals surface area contributed by atoms with Crippen LogP contribution in [0.25, 0.3) is 0 Å². The second-order valence-corrected chi connectivity index (χ2v) is 3.69. The molecule has 86 valence electrons. The van der Waals surface area contributed by atoms with Crippen molar-refractivity contribution >= 4 is 12.4 Å². The van der Waals surface area contributed by atoms with Crippen molar-refractivity contribution in [2.75, 3.05) is 0 Å². The number of phenols is 2. The lowest BCUT2D eigenvalue weighted by Crippen LogP contribution is -2.18. The van der Waals surface area contributed by atoms with Crippen LogP contribution in [-0.2, 0) is 0 Å². The number of nitrogens with two attached hydrogens (primary N) is 1. The summed E-state index contributed by atoms with van der Waals surface area (Å²) in [6.45, 7) is 4.11. The molecule has 15 heavy (non-hydrogen) atoms. The summed E-state index contributed by atoms with van der Waals surface area (Å²) in [4.78, 5) is 0. The number of rotatable bonds is 3. The molecule has 0 saturated carbocycles. The van der Waals surface area contributed by atoms with Crippen molar-refractivity contribution in [2.24, 2.45) is 11.7 Å². The van der Waals surface area contributed by atoms with Crippen LogP contribution in [0.2, 0.25) is 0 Å². The first-order valence-electron chi connectivity index (χ1n) is 4.83. The molecule has 4 N–H and O–H groups in total. The molecule has 0 bridgehead atoms. The molecule has 4 heteroatoms. The van der Waals surface area contributed by atoms with E-state index in [0.29, 0.717) is 5.92 Å². The highest BCUT2D eigenvalue weighted by Gasteiger charge is 2.14. The third-order valence-corrected chi connectivity index (χ3v) is 2.57. The number of hydrogen-bond donors (Lipinski definition) is 3. The molecular formula is C11H18ClNO2. The van der Waals surface area contributed by atoms with Gasteiger partial charge >= 0.3 is 0 Å². The van der Waals surface area contributed by atoms with Crippen LogP contribution in [0.5, 0.6) is 11.5 Å². The molecule has 1 aromatic rings. The first kappa shape index (κ1) is 14.1. The van der Waals surface area contributed by atoms with Crippen LogP contribution >= 0.6 is 12.4 Å². The molecule has 0 radical (unpaired) electrons. The van der Waals surface area contributed by atoms with Gasteiger partial charge in [-0.3, -0.25) is 0 Å². The lowest BCUT2D eigenvalue weighted by Gasteiger charge is -2.18. The van der Waals surface area contributed by atoms with E-state index in [0.717, 1.165) is 12.0 Å². The minimum absolute atomic E-state index is 0. The topological polar surface area (TPSA) is 66.5 Å². The summed E-state index contributed by atoms with van der Waals surface area (Å²) in [5.74, 6) is 0.439. The van der Waals surface area contributed by atoms with E-state index in [9.17, 15) is 10.2 Å². The van der Waals surface area contributed by atoms with Crippen LogP contribution in [0, 0.1) is 5.92 Å². The van der Waals surface area contributed by atoms with Crippen LogP contribution in [0.1, 0.15) is 31.9 Å². The number of halogens is 1. The highest BCUT2D eigenvalue weighted by molar-refractivity contribution is 5.85. The maximum atomic E-state index is 9.28. The van der Waals surface area contributed by atoms with Crippen molar-refractivity contribution in [3.63, 3.8) is 0 Å². The Morgan fingerprint density at radius 1 is 1.20 bits per heavy atom. The summed E-state index contributed by atoms with van der Waals surface area (Å²) >= 11 is 0.